The molecule has 0 saturated heterocycles. The second-order valence-electron chi connectivity index (χ2n) is 5.58. The third-order valence-corrected chi connectivity index (χ3v) is 4.46. The SMILES string of the molecule is CC(C)CCNC(=O)CCN1C(=O)CSc2ccccc21. The van der Waals surface area contributed by atoms with Crippen LogP contribution in [0.2, 0.25) is 0 Å². The van der Waals surface area contributed by atoms with Crippen molar-refractivity contribution in [2.24, 2.45) is 5.92 Å². The van der Waals surface area contributed by atoms with Crippen molar-refractivity contribution < 1.29 is 9.59 Å². The predicted octanol–water partition coefficient (Wildman–Crippen LogP) is 2.68. The number of rotatable bonds is 6. The highest BCUT2D eigenvalue weighted by Gasteiger charge is 2.24. The summed E-state index contributed by atoms with van der Waals surface area (Å²) in [5.41, 5.74) is 0.925. The van der Waals surface area contributed by atoms with E-state index >= 15 is 0 Å². The Bertz CT molecular complexity index is 517. The lowest BCUT2D eigenvalue weighted by molar-refractivity contribution is -0.121. The Balaban J connectivity index is 1.88. The molecule has 5 heteroatoms. The summed E-state index contributed by atoms with van der Waals surface area (Å²) in [6, 6.07) is 7.85. The van der Waals surface area contributed by atoms with Gasteiger partial charge < -0.3 is 10.2 Å². The van der Waals surface area contributed by atoms with Crippen LogP contribution in [0.15, 0.2) is 29.2 Å². The molecule has 1 N–H and O–H groups in total. The standard InChI is InChI=1S/C16H22N2O2S/c1-12(2)7-9-17-15(19)8-10-18-13-5-3-4-6-14(13)21-11-16(18)20/h3-6,12H,7-11H2,1-2H3,(H,17,19). The fourth-order valence-corrected chi connectivity index (χ4v) is 3.14. The van der Waals surface area contributed by atoms with Crippen molar-refractivity contribution in [2.45, 2.75) is 31.6 Å². The smallest absolute Gasteiger partial charge is 0.237 e. The van der Waals surface area contributed by atoms with Crippen LogP contribution in [-0.2, 0) is 9.59 Å². The van der Waals surface area contributed by atoms with E-state index in [-0.39, 0.29) is 11.8 Å². The molecule has 1 aromatic carbocycles. The molecule has 0 fully saturated rings. The molecule has 1 aliphatic heterocycles. The highest BCUT2D eigenvalue weighted by molar-refractivity contribution is 8.00. The lowest BCUT2D eigenvalue weighted by Crippen LogP contribution is -2.38. The van der Waals surface area contributed by atoms with Crippen molar-refractivity contribution in [3.63, 3.8) is 0 Å². The number of fused-ring (bicyclic) bond motifs is 1. The van der Waals surface area contributed by atoms with Gasteiger partial charge >= 0.3 is 0 Å². The number of nitrogens with one attached hydrogen (secondary N) is 1. The summed E-state index contributed by atoms with van der Waals surface area (Å²) < 4.78 is 0. The molecule has 0 unspecified atom stereocenters. The van der Waals surface area contributed by atoms with Crippen LogP contribution >= 0.6 is 11.8 Å². The number of thioether (sulfide) groups is 1. The van der Waals surface area contributed by atoms with Gasteiger partial charge in [0, 0.05) is 24.4 Å². The van der Waals surface area contributed by atoms with Crippen molar-refractivity contribution in [3.05, 3.63) is 24.3 Å². The fraction of sp³-hybridized carbons (Fsp3) is 0.500. The largest absolute Gasteiger partial charge is 0.356 e. The van der Waals surface area contributed by atoms with Crippen molar-refractivity contribution in [1.29, 1.82) is 0 Å². The van der Waals surface area contributed by atoms with Crippen LogP contribution in [0.25, 0.3) is 0 Å². The lowest BCUT2D eigenvalue weighted by Gasteiger charge is -2.28. The quantitative estimate of drug-likeness (QED) is 0.879. The average molecular weight is 306 g/mol. The lowest BCUT2D eigenvalue weighted by atomic mass is 10.1. The van der Waals surface area contributed by atoms with Gasteiger partial charge in [-0.2, -0.15) is 0 Å². The Kier molecular flexibility index (Phi) is 5.67. The van der Waals surface area contributed by atoms with Gasteiger partial charge in [0.25, 0.3) is 0 Å². The van der Waals surface area contributed by atoms with Crippen LogP contribution in [-0.4, -0.2) is 30.7 Å². The summed E-state index contributed by atoms with van der Waals surface area (Å²) in [6.07, 6.45) is 1.33. The Morgan fingerprint density at radius 3 is 2.90 bits per heavy atom. The van der Waals surface area contributed by atoms with E-state index in [1.165, 1.54) is 0 Å². The first kappa shape index (κ1) is 15.9. The summed E-state index contributed by atoms with van der Waals surface area (Å²) in [5.74, 6) is 1.12. The molecule has 4 nitrogen and oxygen atoms in total. The van der Waals surface area contributed by atoms with E-state index in [2.05, 4.69) is 19.2 Å². The van der Waals surface area contributed by atoms with Gasteiger partial charge in [0.05, 0.1) is 11.4 Å². The Hall–Kier alpha value is -1.49. The maximum atomic E-state index is 12.0. The fourth-order valence-electron chi connectivity index (χ4n) is 2.20. The molecule has 114 valence electrons. The molecule has 1 heterocycles. The summed E-state index contributed by atoms with van der Waals surface area (Å²) in [4.78, 5) is 26.7. The summed E-state index contributed by atoms with van der Waals surface area (Å²) in [7, 11) is 0. The number of anilines is 1. The van der Waals surface area contributed by atoms with Crippen LogP contribution in [0.3, 0.4) is 0 Å². The van der Waals surface area contributed by atoms with E-state index in [1.807, 2.05) is 24.3 Å². The van der Waals surface area contributed by atoms with E-state index in [9.17, 15) is 9.59 Å². The van der Waals surface area contributed by atoms with Crippen molar-refractivity contribution in [1.82, 2.24) is 5.32 Å². The van der Waals surface area contributed by atoms with Gasteiger partial charge in [-0.15, -0.1) is 11.8 Å². The van der Waals surface area contributed by atoms with E-state index in [0.29, 0.717) is 31.2 Å². The highest BCUT2D eigenvalue weighted by atomic mass is 32.2. The monoisotopic (exact) mass is 306 g/mol. The molecular formula is C16H22N2O2S. The van der Waals surface area contributed by atoms with Gasteiger partial charge in [0.15, 0.2) is 0 Å². The van der Waals surface area contributed by atoms with Crippen molar-refractivity contribution in [2.75, 3.05) is 23.7 Å². The van der Waals surface area contributed by atoms with Gasteiger partial charge in [-0.25, -0.2) is 0 Å². The molecule has 0 spiro atoms. The number of para-hydroxylation sites is 1. The van der Waals surface area contributed by atoms with Crippen LogP contribution < -0.4 is 10.2 Å². The first-order chi connectivity index (χ1) is 10.1. The topological polar surface area (TPSA) is 49.4 Å². The molecule has 0 saturated carbocycles. The van der Waals surface area contributed by atoms with Crippen LogP contribution in [0.1, 0.15) is 26.7 Å². The molecule has 0 bridgehead atoms. The third-order valence-electron chi connectivity index (χ3n) is 3.41. The van der Waals surface area contributed by atoms with Gasteiger partial charge in [0.2, 0.25) is 11.8 Å². The van der Waals surface area contributed by atoms with Gasteiger partial charge in [0.1, 0.15) is 0 Å². The number of nitrogens with zero attached hydrogens (tertiary/aromatic N) is 1. The van der Waals surface area contributed by atoms with Crippen LogP contribution in [0.5, 0.6) is 0 Å². The van der Waals surface area contributed by atoms with Gasteiger partial charge in [-0.1, -0.05) is 26.0 Å². The number of carbonyl (C=O) groups excluding carboxylic acids is 2. The second kappa shape index (κ2) is 7.50. The molecular weight excluding hydrogens is 284 g/mol. The Labute approximate surface area is 130 Å². The average Bonchev–Trinajstić information content (AvgIpc) is 2.46. The van der Waals surface area contributed by atoms with Gasteiger partial charge in [-0.3, -0.25) is 9.59 Å². The summed E-state index contributed by atoms with van der Waals surface area (Å²) >= 11 is 1.56. The molecule has 21 heavy (non-hydrogen) atoms. The van der Waals surface area contributed by atoms with Crippen LogP contribution in [0, 0.1) is 5.92 Å². The molecule has 0 atom stereocenters. The first-order valence-corrected chi connectivity index (χ1v) is 8.35. The molecule has 2 amide bonds. The maximum absolute atomic E-state index is 12.0. The first-order valence-electron chi connectivity index (χ1n) is 7.37. The third kappa shape index (κ3) is 4.49. The van der Waals surface area contributed by atoms with E-state index < -0.39 is 0 Å². The maximum Gasteiger partial charge on any atom is 0.237 e. The number of amides is 2. The predicted molar refractivity (Wildman–Crippen MR) is 86.6 cm³/mol. The second-order valence-corrected chi connectivity index (χ2v) is 6.60. The van der Waals surface area contributed by atoms with E-state index in [4.69, 9.17) is 0 Å². The van der Waals surface area contributed by atoms with Crippen LogP contribution in [0.4, 0.5) is 5.69 Å². The summed E-state index contributed by atoms with van der Waals surface area (Å²) in [6.45, 7) is 5.42. The highest BCUT2D eigenvalue weighted by Crippen LogP contribution is 2.34. The Morgan fingerprint density at radius 1 is 1.38 bits per heavy atom. The number of hydrogen-bond acceptors (Lipinski definition) is 3. The molecule has 0 aromatic heterocycles. The molecule has 1 aromatic rings. The normalized spacial score (nSPS) is 14.2. The molecule has 0 radical (unpaired) electrons. The minimum atomic E-state index is 0.0131. The molecule has 0 aliphatic carbocycles. The van der Waals surface area contributed by atoms with Crippen molar-refractivity contribution in [3.8, 4) is 0 Å². The minimum absolute atomic E-state index is 0.0131. The van der Waals surface area contributed by atoms with E-state index in [0.717, 1.165) is 17.0 Å². The van der Waals surface area contributed by atoms with E-state index in [1.54, 1.807) is 16.7 Å². The van der Waals surface area contributed by atoms with Gasteiger partial charge in [-0.05, 0) is 24.5 Å². The zero-order valence-corrected chi connectivity index (χ0v) is 13.4. The zero-order chi connectivity index (χ0) is 15.2. The summed E-state index contributed by atoms with van der Waals surface area (Å²) in [5, 5.41) is 2.91. The molecule has 1 aliphatic rings. The minimum Gasteiger partial charge on any atom is -0.356 e. The Morgan fingerprint density at radius 2 is 2.14 bits per heavy atom. The number of benzene rings is 1. The van der Waals surface area contributed by atoms with Crippen molar-refractivity contribution >= 4 is 29.3 Å². The number of carbonyl (C=O) groups is 2. The zero-order valence-electron chi connectivity index (χ0n) is 12.6. The molecule has 2 rings (SSSR count). The number of hydrogen-bond donors (Lipinski definition) is 1.